The minimum atomic E-state index is -0.0386. The molecule has 1 unspecified atom stereocenters. The molecule has 2 heterocycles. The van der Waals surface area contributed by atoms with E-state index >= 15 is 0 Å². The first kappa shape index (κ1) is 15.6. The van der Waals surface area contributed by atoms with Crippen molar-refractivity contribution in [3.63, 3.8) is 0 Å². The largest absolute Gasteiger partial charge is 0.487 e. The van der Waals surface area contributed by atoms with E-state index < -0.39 is 0 Å². The number of methoxy groups -OCH3 is 2. The number of allylic oxidation sites excluding steroid dienone is 2. The number of nitrogens with zero attached hydrogens (tertiary/aromatic N) is 1. The molecule has 0 fully saturated rings. The quantitative estimate of drug-likeness (QED) is 0.930. The van der Waals surface area contributed by atoms with Crippen LogP contribution < -0.4 is 14.9 Å². The number of hydrogen-bond donors (Lipinski definition) is 1. The van der Waals surface area contributed by atoms with Gasteiger partial charge in [-0.2, -0.15) is 5.10 Å². The standard InChI is InChI=1S/C15H20N2O3S/c1-8-7-12(18)17-16-11(8)6-9(2)13-10(3)14(19-4)21-15(13)20-5/h6,8H,7H2,1-5H3,(H,17,18). The zero-order valence-electron chi connectivity index (χ0n) is 12.9. The molecule has 0 aliphatic carbocycles. The van der Waals surface area contributed by atoms with Crippen molar-refractivity contribution in [1.82, 2.24) is 5.43 Å². The number of carbonyl (C=O) groups excluding carboxylic acids is 1. The molecule has 21 heavy (non-hydrogen) atoms. The number of ether oxygens (including phenoxy) is 2. The molecule has 0 spiro atoms. The molecule has 1 N–H and O–H groups in total. The maximum Gasteiger partial charge on any atom is 0.240 e. The topological polar surface area (TPSA) is 59.9 Å². The van der Waals surface area contributed by atoms with Crippen LogP contribution in [0.5, 0.6) is 10.1 Å². The average Bonchev–Trinajstić information content (AvgIpc) is 2.78. The SMILES string of the molecule is COc1sc(OC)c(C(C)=CC2=NNC(=O)CC2C)c1C. The fourth-order valence-corrected chi connectivity index (χ4v) is 3.40. The van der Waals surface area contributed by atoms with Crippen LogP contribution in [0.2, 0.25) is 0 Å². The van der Waals surface area contributed by atoms with E-state index in [0.29, 0.717) is 6.42 Å². The van der Waals surface area contributed by atoms with Gasteiger partial charge in [-0.05, 0) is 25.5 Å². The van der Waals surface area contributed by atoms with E-state index in [1.54, 1.807) is 14.2 Å². The van der Waals surface area contributed by atoms with Crippen molar-refractivity contribution in [2.75, 3.05) is 14.2 Å². The third-order valence-electron chi connectivity index (χ3n) is 3.51. The molecule has 0 bridgehead atoms. The highest BCUT2D eigenvalue weighted by Crippen LogP contribution is 2.44. The summed E-state index contributed by atoms with van der Waals surface area (Å²) in [6.07, 6.45) is 2.47. The van der Waals surface area contributed by atoms with Gasteiger partial charge in [0.1, 0.15) is 0 Å². The van der Waals surface area contributed by atoms with Crippen molar-refractivity contribution in [2.24, 2.45) is 11.0 Å². The van der Waals surface area contributed by atoms with Crippen LogP contribution in [0, 0.1) is 12.8 Å². The van der Waals surface area contributed by atoms with Crippen molar-refractivity contribution in [1.29, 1.82) is 0 Å². The predicted octanol–water partition coefficient (Wildman–Crippen LogP) is 2.99. The van der Waals surface area contributed by atoms with E-state index in [0.717, 1.165) is 32.5 Å². The average molecular weight is 308 g/mol. The summed E-state index contributed by atoms with van der Waals surface area (Å²) in [6, 6.07) is 0. The Bertz CT molecular complexity index is 617. The molecule has 1 aromatic rings. The summed E-state index contributed by atoms with van der Waals surface area (Å²) >= 11 is 1.48. The number of hydrogen-bond acceptors (Lipinski definition) is 5. The molecular formula is C15H20N2O3S. The Morgan fingerprint density at radius 3 is 2.62 bits per heavy atom. The maximum absolute atomic E-state index is 11.3. The van der Waals surface area contributed by atoms with Gasteiger partial charge in [0, 0.05) is 23.5 Å². The van der Waals surface area contributed by atoms with Crippen molar-refractivity contribution in [2.45, 2.75) is 27.2 Å². The third-order valence-corrected chi connectivity index (χ3v) is 4.72. The Hall–Kier alpha value is -1.82. The van der Waals surface area contributed by atoms with Crippen molar-refractivity contribution in [3.8, 4) is 10.1 Å². The van der Waals surface area contributed by atoms with Crippen molar-refractivity contribution in [3.05, 3.63) is 17.2 Å². The minimum Gasteiger partial charge on any atom is -0.487 e. The second-order valence-corrected chi connectivity index (χ2v) is 6.04. The summed E-state index contributed by atoms with van der Waals surface area (Å²) in [7, 11) is 3.31. The van der Waals surface area contributed by atoms with Crippen LogP contribution in [-0.4, -0.2) is 25.8 Å². The first-order valence-electron chi connectivity index (χ1n) is 6.74. The lowest BCUT2D eigenvalue weighted by Crippen LogP contribution is -2.30. The lowest BCUT2D eigenvalue weighted by atomic mass is 9.96. The van der Waals surface area contributed by atoms with Gasteiger partial charge in [-0.15, -0.1) is 0 Å². The lowest BCUT2D eigenvalue weighted by Gasteiger charge is -2.17. The predicted molar refractivity (Wildman–Crippen MR) is 85.2 cm³/mol. The second kappa shape index (κ2) is 6.30. The van der Waals surface area contributed by atoms with Crippen LogP contribution in [-0.2, 0) is 4.79 Å². The molecule has 1 amide bonds. The smallest absolute Gasteiger partial charge is 0.240 e. The molecule has 1 atom stereocenters. The van der Waals surface area contributed by atoms with E-state index in [9.17, 15) is 4.79 Å². The molecule has 0 saturated carbocycles. The molecule has 1 aliphatic heterocycles. The molecular weight excluding hydrogens is 288 g/mol. The summed E-state index contributed by atoms with van der Waals surface area (Å²) in [4.78, 5) is 11.3. The zero-order chi connectivity index (χ0) is 15.6. The monoisotopic (exact) mass is 308 g/mol. The van der Waals surface area contributed by atoms with Gasteiger partial charge in [0.2, 0.25) is 5.91 Å². The van der Waals surface area contributed by atoms with Crippen molar-refractivity contribution >= 4 is 28.5 Å². The highest BCUT2D eigenvalue weighted by Gasteiger charge is 2.21. The van der Waals surface area contributed by atoms with Crippen molar-refractivity contribution < 1.29 is 14.3 Å². The van der Waals surface area contributed by atoms with Gasteiger partial charge in [-0.3, -0.25) is 4.79 Å². The van der Waals surface area contributed by atoms with Crippen LogP contribution in [0.15, 0.2) is 11.2 Å². The van der Waals surface area contributed by atoms with Gasteiger partial charge >= 0.3 is 0 Å². The summed E-state index contributed by atoms with van der Waals surface area (Å²) in [5.41, 5.74) is 6.54. The Balaban J connectivity index is 2.40. The first-order valence-corrected chi connectivity index (χ1v) is 7.56. The molecule has 0 radical (unpaired) electrons. The number of hydrazone groups is 1. The number of thiophene rings is 1. The van der Waals surface area contributed by atoms with Gasteiger partial charge in [-0.25, -0.2) is 5.43 Å². The van der Waals surface area contributed by atoms with Gasteiger partial charge in [0.25, 0.3) is 0 Å². The van der Waals surface area contributed by atoms with E-state index in [1.807, 2.05) is 26.8 Å². The minimum absolute atomic E-state index is 0.0386. The molecule has 2 rings (SSSR count). The molecule has 6 heteroatoms. The summed E-state index contributed by atoms with van der Waals surface area (Å²) < 4.78 is 10.8. The van der Waals surface area contributed by atoms with Gasteiger partial charge < -0.3 is 9.47 Å². The highest BCUT2D eigenvalue weighted by atomic mass is 32.1. The zero-order valence-corrected chi connectivity index (χ0v) is 13.8. The second-order valence-electron chi connectivity index (χ2n) is 5.09. The van der Waals surface area contributed by atoms with Crippen LogP contribution in [0.1, 0.15) is 31.4 Å². The van der Waals surface area contributed by atoms with Gasteiger partial charge in [0.15, 0.2) is 10.1 Å². The number of carbonyl (C=O) groups is 1. The highest BCUT2D eigenvalue weighted by molar-refractivity contribution is 7.16. The van der Waals surface area contributed by atoms with Crippen LogP contribution in [0.4, 0.5) is 0 Å². The Morgan fingerprint density at radius 1 is 1.38 bits per heavy atom. The van der Waals surface area contributed by atoms with Crippen LogP contribution in [0.3, 0.4) is 0 Å². The van der Waals surface area contributed by atoms with E-state index in [4.69, 9.17) is 9.47 Å². The van der Waals surface area contributed by atoms with Crippen LogP contribution >= 0.6 is 11.3 Å². The third kappa shape index (κ3) is 3.10. The lowest BCUT2D eigenvalue weighted by molar-refractivity contribution is -0.121. The molecule has 0 saturated heterocycles. The van der Waals surface area contributed by atoms with Gasteiger partial charge in [-0.1, -0.05) is 18.3 Å². The molecule has 0 aromatic carbocycles. The van der Waals surface area contributed by atoms with E-state index in [2.05, 4.69) is 10.5 Å². The Kier molecular flexibility index (Phi) is 4.67. The number of rotatable bonds is 4. The fraction of sp³-hybridized carbons (Fsp3) is 0.467. The van der Waals surface area contributed by atoms with Crippen LogP contribution in [0.25, 0.3) is 5.57 Å². The Morgan fingerprint density at radius 2 is 2.05 bits per heavy atom. The number of amides is 1. The molecule has 5 nitrogen and oxygen atoms in total. The normalized spacial score (nSPS) is 19.1. The maximum atomic E-state index is 11.3. The summed E-state index contributed by atoms with van der Waals surface area (Å²) in [5, 5.41) is 5.81. The molecule has 114 valence electrons. The molecule has 1 aromatic heterocycles. The van der Waals surface area contributed by atoms with E-state index in [-0.39, 0.29) is 11.8 Å². The van der Waals surface area contributed by atoms with Gasteiger partial charge in [0.05, 0.1) is 19.9 Å². The molecule has 1 aliphatic rings. The number of nitrogens with one attached hydrogen (secondary N) is 1. The summed E-state index contributed by atoms with van der Waals surface area (Å²) in [6.45, 7) is 6.03. The van der Waals surface area contributed by atoms with E-state index in [1.165, 1.54) is 11.3 Å². The fourth-order valence-electron chi connectivity index (χ4n) is 2.40. The Labute approximate surface area is 128 Å². The first-order chi connectivity index (χ1) is 9.97. The summed E-state index contributed by atoms with van der Waals surface area (Å²) in [5.74, 6) is 0.0730.